The fourth-order valence-corrected chi connectivity index (χ4v) is 6.13. The van der Waals surface area contributed by atoms with Gasteiger partial charge in [0.25, 0.3) is 0 Å². The van der Waals surface area contributed by atoms with Crippen LogP contribution in [0.15, 0.2) is 48.5 Å². The lowest BCUT2D eigenvalue weighted by molar-refractivity contribution is -0.134. The molecule has 2 aromatic carbocycles. The molecule has 0 unspecified atom stereocenters. The van der Waals surface area contributed by atoms with Crippen molar-refractivity contribution in [3.8, 4) is 0 Å². The molecule has 2 aliphatic rings. The van der Waals surface area contributed by atoms with Crippen LogP contribution in [0.1, 0.15) is 119 Å². The van der Waals surface area contributed by atoms with Gasteiger partial charge in [-0.15, -0.1) is 0 Å². The monoisotopic (exact) mass is 614 g/mol. The number of aryl methyl sites for hydroxylation is 2. The van der Waals surface area contributed by atoms with E-state index in [2.05, 4.69) is 6.92 Å². The lowest BCUT2D eigenvalue weighted by Gasteiger charge is -2.29. The summed E-state index contributed by atoms with van der Waals surface area (Å²) in [4.78, 5) is 0. The average Bonchev–Trinajstić information content (AvgIpc) is 2.99. The quantitative estimate of drug-likeness (QED) is 0.235. The van der Waals surface area contributed by atoms with Gasteiger partial charge in [-0.05, 0) is 112 Å². The van der Waals surface area contributed by atoms with E-state index in [0.29, 0.717) is 24.0 Å². The van der Waals surface area contributed by atoms with Gasteiger partial charge in [-0.1, -0.05) is 55.5 Å². The van der Waals surface area contributed by atoms with E-state index >= 15 is 0 Å². The zero-order valence-electron chi connectivity index (χ0n) is 25.6. The molecule has 0 N–H and O–H groups in total. The summed E-state index contributed by atoms with van der Waals surface area (Å²) in [6, 6.07) is 15.4. The molecular formula is C35H48F6O2. The number of benzene rings is 2. The Balaban J connectivity index is 0.000000236. The van der Waals surface area contributed by atoms with E-state index in [1.807, 2.05) is 55.5 Å². The Morgan fingerprint density at radius 2 is 0.930 bits per heavy atom. The summed E-state index contributed by atoms with van der Waals surface area (Å²) in [6.07, 6.45) is 1.08. The summed E-state index contributed by atoms with van der Waals surface area (Å²) in [6.45, 7) is 5.74. The maximum absolute atomic E-state index is 12.2. The highest BCUT2D eigenvalue weighted by molar-refractivity contribution is 5.27. The van der Waals surface area contributed by atoms with Gasteiger partial charge >= 0.3 is 12.4 Å². The van der Waals surface area contributed by atoms with Gasteiger partial charge in [0, 0.05) is 26.1 Å². The first kappa shape index (κ1) is 35.4. The highest BCUT2D eigenvalue weighted by Crippen LogP contribution is 2.35. The third-order valence-corrected chi connectivity index (χ3v) is 8.61. The van der Waals surface area contributed by atoms with E-state index in [4.69, 9.17) is 9.47 Å². The third-order valence-electron chi connectivity index (χ3n) is 8.61. The van der Waals surface area contributed by atoms with Crippen LogP contribution in [0.2, 0.25) is 0 Å². The average molecular weight is 615 g/mol. The van der Waals surface area contributed by atoms with Crippen LogP contribution in [0.25, 0.3) is 0 Å². The molecule has 2 aliphatic carbocycles. The van der Waals surface area contributed by atoms with Gasteiger partial charge in [-0.25, -0.2) is 0 Å². The second-order valence-electron chi connectivity index (χ2n) is 12.0. The molecule has 0 spiro atoms. The Labute approximate surface area is 253 Å². The fraction of sp³-hybridized carbons (Fsp3) is 0.657. The maximum Gasteiger partial charge on any atom is 0.389 e. The molecule has 2 nitrogen and oxygen atoms in total. The predicted molar refractivity (Wildman–Crippen MR) is 159 cm³/mol. The molecule has 4 rings (SSSR count). The van der Waals surface area contributed by atoms with E-state index in [9.17, 15) is 26.3 Å². The molecule has 0 atom stereocenters. The minimum absolute atomic E-state index is 0.0703. The Hall–Kier alpha value is -2.06. The molecule has 0 heterocycles. The van der Waals surface area contributed by atoms with Crippen molar-refractivity contribution in [2.45, 2.75) is 134 Å². The molecule has 2 fully saturated rings. The van der Waals surface area contributed by atoms with E-state index in [1.54, 1.807) is 0 Å². The zero-order chi connectivity index (χ0) is 31.3. The summed E-state index contributed by atoms with van der Waals surface area (Å²) < 4.78 is 84.7. The van der Waals surface area contributed by atoms with E-state index in [-0.39, 0.29) is 12.8 Å². The first-order valence-electron chi connectivity index (χ1n) is 16.0. The van der Waals surface area contributed by atoms with Crippen molar-refractivity contribution in [2.24, 2.45) is 0 Å². The number of rotatable bonds is 11. The van der Waals surface area contributed by atoms with Gasteiger partial charge in [0.2, 0.25) is 0 Å². The Morgan fingerprint density at radius 3 is 1.26 bits per heavy atom. The summed E-state index contributed by atoms with van der Waals surface area (Å²) >= 11 is 0. The second-order valence-corrected chi connectivity index (χ2v) is 12.0. The van der Waals surface area contributed by atoms with Crippen LogP contribution in [0, 0.1) is 0 Å². The van der Waals surface area contributed by atoms with Crippen LogP contribution in [0.4, 0.5) is 26.3 Å². The van der Waals surface area contributed by atoms with Crippen molar-refractivity contribution in [1.29, 1.82) is 0 Å². The molecule has 0 aliphatic heterocycles. The molecule has 0 saturated heterocycles. The number of hydrogen-bond donors (Lipinski definition) is 0. The zero-order valence-corrected chi connectivity index (χ0v) is 25.6. The predicted octanol–water partition coefficient (Wildman–Crippen LogP) is 10.9. The summed E-state index contributed by atoms with van der Waals surface area (Å²) in [7, 11) is 0. The Bertz CT molecular complexity index is 1020. The van der Waals surface area contributed by atoms with Crippen molar-refractivity contribution < 1.29 is 35.8 Å². The van der Waals surface area contributed by atoms with Crippen LogP contribution >= 0.6 is 0 Å². The SMILES string of the molecule is CCCOC1CCC(c2ccc(CCC(F)(F)F)cc2)CC1.CCOC1CCC(c2ccc(CCC(F)(F)F)cc2)CC1. The first-order chi connectivity index (χ1) is 20.5. The van der Waals surface area contributed by atoms with Gasteiger partial charge in [0.15, 0.2) is 0 Å². The standard InChI is InChI=1S/C18H25F3O.C17H23F3O/c1-2-13-22-17-9-7-16(8-10-17)15-5-3-14(4-6-15)11-12-18(19,20)21;1-2-21-16-9-7-15(8-10-16)14-5-3-13(4-6-14)11-12-17(18,19)20/h3-6,16-17H,2,7-13H2,1H3;3-6,15-16H,2,7-12H2,1H3. The molecular weight excluding hydrogens is 566 g/mol. The van der Waals surface area contributed by atoms with E-state index in [1.165, 1.54) is 11.1 Å². The lowest BCUT2D eigenvalue weighted by Crippen LogP contribution is -2.21. The normalized spacial score (nSPS) is 23.0. The molecule has 43 heavy (non-hydrogen) atoms. The maximum atomic E-state index is 12.2. The molecule has 242 valence electrons. The topological polar surface area (TPSA) is 18.5 Å². The first-order valence-corrected chi connectivity index (χ1v) is 16.0. The van der Waals surface area contributed by atoms with Crippen LogP contribution in [-0.2, 0) is 22.3 Å². The molecule has 8 heteroatoms. The Kier molecular flexibility index (Phi) is 14.4. The largest absolute Gasteiger partial charge is 0.389 e. The van der Waals surface area contributed by atoms with Gasteiger partial charge in [-0.3, -0.25) is 0 Å². The van der Waals surface area contributed by atoms with Gasteiger partial charge in [-0.2, -0.15) is 26.3 Å². The molecule has 0 amide bonds. The molecule has 0 bridgehead atoms. The van der Waals surface area contributed by atoms with Crippen molar-refractivity contribution in [3.63, 3.8) is 0 Å². The van der Waals surface area contributed by atoms with Crippen LogP contribution in [0.3, 0.4) is 0 Å². The summed E-state index contributed by atoms with van der Waals surface area (Å²) in [5.41, 5.74) is 4.03. The van der Waals surface area contributed by atoms with Crippen LogP contribution in [0.5, 0.6) is 0 Å². The summed E-state index contributed by atoms with van der Waals surface area (Å²) in [5.74, 6) is 1.05. The molecule has 2 aromatic rings. The Morgan fingerprint density at radius 1 is 0.558 bits per heavy atom. The number of halogens is 6. The van der Waals surface area contributed by atoms with Crippen molar-refractivity contribution >= 4 is 0 Å². The van der Waals surface area contributed by atoms with Crippen molar-refractivity contribution in [2.75, 3.05) is 13.2 Å². The number of hydrogen-bond acceptors (Lipinski definition) is 2. The second kappa shape index (κ2) is 17.4. The molecule has 2 saturated carbocycles. The van der Waals surface area contributed by atoms with Gasteiger partial charge in [0.05, 0.1) is 12.2 Å². The molecule has 0 radical (unpaired) electrons. The van der Waals surface area contributed by atoms with E-state index < -0.39 is 25.2 Å². The third kappa shape index (κ3) is 13.6. The smallest absolute Gasteiger partial charge is 0.379 e. The highest BCUT2D eigenvalue weighted by atomic mass is 19.4. The number of ether oxygens (including phenoxy) is 2. The van der Waals surface area contributed by atoms with Crippen LogP contribution < -0.4 is 0 Å². The van der Waals surface area contributed by atoms with Crippen LogP contribution in [-0.4, -0.2) is 37.8 Å². The number of alkyl halides is 6. The lowest BCUT2D eigenvalue weighted by atomic mass is 9.82. The van der Waals surface area contributed by atoms with E-state index in [0.717, 1.165) is 82.1 Å². The van der Waals surface area contributed by atoms with Gasteiger partial charge in [0.1, 0.15) is 0 Å². The fourth-order valence-electron chi connectivity index (χ4n) is 6.13. The minimum Gasteiger partial charge on any atom is -0.379 e. The van der Waals surface area contributed by atoms with Gasteiger partial charge < -0.3 is 9.47 Å². The molecule has 0 aromatic heterocycles. The van der Waals surface area contributed by atoms with Crippen molar-refractivity contribution in [1.82, 2.24) is 0 Å². The summed E-state index contributed by atoms with van der Waals surface area (Å²) in [5, 5.41) is 0. The highest BCUT2D eigenvalue weighted by Gasteiger charge is 2.28. The van der Waals surface area contributed by atoms with Crippen molar-refractivity contribution in [3.05, 3.63) is 70.8 Å². The minimum atomic E-state index is -4.07.